The van der Waals surface area contributed by atoms with E-state index in [-0.39, 0.29) is 40.8 Å². The van der Waals surface area contributed by atoms with Gasteiger partial charge in [-0.2, -0.15) is 8.42 Å². The second-order valence-electron chi connectivity index (χ2n) is 11.8. The second-order valence-corrected chi connectivity index (χ2v) is 13.4. The fourth-order valence-electron chi connectivity index (χ4n) is 7.17. The van der Waals surface area contributed by atoms with Crippen molar-refractivity contribution >= 4 is 16.3 Å². The van der Waals surface area contributed by atoms with E-state index >= 15 is 0 Å². The maximum atomic E-state index is 13.1. The van der Waals surface area contributed by atoms with Crippen LogP contribution in [0, 0.1) is 12.3 Å². The van der Waals surface area contributed by atoms with E-state index in [0.29, 0.717) is 18.6 Å². The van der Waals surface area contributed by atoms with Gasteiger partial charge in [0.25, 0.3) is 10.1 Å². The highest BCUT2D eigenvalue weighted by atomic mass is 32.2. The monoisotopic (exact) mass is 557 g/mol. The van der Waals surface area contributed by atoms with Crippen molar-refractivity contribution in [3.8, 4) is 5.75 Å². The number of carbonyl (C=O) groups excluding carboxylic acids is 1. The molecule has 0 aromatic heterocycles. The lowest BCUT2D eigenvalue weighted by atomic mass is 9.44. The Labute approximate surface area is 231 Å². The van der Waals surface area contributed by atoms with Crippen molar-refractivity contribution in [3.05, 3.63) is 59.2 Å². The molecule has 212 valence electrons. The van der Waals surface area contributed by atoms with Crippen LogP contribution in [0.5, 0.6) is 5.75 Å². The van der Waals surface area contributed by atoms with Gasteiger partial charge in [0.1, 0.15) is 5.75 Å². The molecular formula is C30H39NO7S. The zero-order chi connectivity index (χ0) is 28.0. The fraction of sp³-hybridized carbons (Fsp3) is 0.567. The third kappa shape index (κ3) is 5.16. The molecule has 0 amide bonds. The SMILES string of the molecule is Cc1ccc(S(=O)(=O)OC2CC[C@@]34CCN(C)[C@@H](Cc5ccc(OCOC(=O)OC(C)C)cc53)[C@@]4(C)C2)cc1. The van der Waals surface area contributed by atoms with Crippen LogP contribution >= 0.6 is 0 Å². The van der Waals surface area contributed by atoms with E-state index in [1.807, 2.05) is 13.0 Å². The first kappa shape index (κ1) is 27.9. The second kappa shape index (κ2) is 10.4. The number of hydrogen-bond acceptors (Lipinski definition) is 8. The van der Waals surface area contributed by atoms with Crippen molar-refractivity contribution in [2.24, 2.45) is 5.41 Å². The molecule has 1 heterocycles. The van der Waals surface area contributed by atoms with E-state index in [9.17, 15) is 13.2 Å². The molecule has 5 rings (SSSR count). The quantitative estimate of drug-likeness (QED) is 0.255. The van der Waals surface area contributed by atoms with Gasteiger partial charge in [-0.3, -0.25) is 4.18 Å². The summed E-state index contributed by atoms with van der Waals surface area (Å²) in [5, 5.41) is 0. The van der Waals surface area contributed by atoms with Gasteiger partial charge in [0.05, 0.1) is 17.1 Å². The van der Waals surface area contributed by atoms with Crippen LogP contribution in [0.4, 0.5) is 4.79 Å². The minimum absolute atomic E-state index is 0.123. The molecule has 39 heavy (non-hydrogen) atoms. The van der Waals surface area contributed by atoms with E-state index < -0.39 is 16.3 Å². The van der Waals surface area contributed by atoms with Gasteiger partial charge in [-0.1, -0.05) is 30.7 Å². The average Bonchev–Trinajstić information content (AvgIpc) is 2.86. The Balaban J connectivity index is 1.38. The molecule has 3 aliphatic rings. The highest BCUT2D eigenvalue weighted by Gasteiger charge is 2.62. The summed E-state index contributed by atoms with van der Waals surface area (Å²) in [4.78, 5) is 14.4. The Morgan fingerprint density at radius 3 is 2.59 bits per heavy atom. The van der Waals surface area contributed by atoms with Crippen LogP contribution in [0.15, 0.2) is 47.4 Å². The molecule has 8 nitrogen and oxygen atoms in total. The van der Waals surface area contributed by atoms with Crippen molar-refractivity contribution < 1.29 is 31.6 Å². The normalized spacial score (nSPS) is 28.4. The molecule has 2 aromatic rings. The number of aryl methyl sites for hydroxylation is 1. The van der Waals surface area contributed by atoms with E-state index in [1.54, 1.807) is 38.1 Å². The molecule has 0 N–H and O–H groups in total. The molecule has 1 aliphatic heterocycles. The Hall–Kier alpha value is -2.62. The predicted molar refractivity (Wildman–Crippen MR) is 146 cm³/mol. The molecule has 0 spiro atoms. The first-order chi connectivity index (χ1) is 18.4. The van der Waals surface area contributed by atoms with Gasteiger partial charge in [-0.05, 0) is 107 Å². The van der Waals surface area contributed by atoms with Crippen LogP contribution in [0.3, 0.4) is 0 Å². The molecule has 4 atom stereocenters. The summed E-state index contributed by atoms with van der Waals surface area (Å²) in [6.45, 7) is 8.50. The van der Waals surface area contributed by atoms with Gasteiger partial charge < -0.3 is 19.1 Å². The maximum Gasteiger partial charge on any atom is 0.511 e. The molecule has 2 aliphatic carbocycles. The minimum atomic E-state index is -3.86. The van der Waals surface area contributed by atoms with Gasteiger partial charge in [-0.15, -0.1) is 0 Å². The number of rotatable bonds is 7. The molecule has 1 saturated heterocycles. The summed E-state index contributed by atoms with van der Waals surface area (Å²) in [5.74, 6) is 0.639. The summed E-state index contributed by atoms with van der Waals surface area (Å²) in [6, 6.07) is 13.2. The van der Waals surface area contributed by atoms with E-state index in [0.717, 1.165) is 31.4 Å². The largest absolute Gasteiger partial charge is 0.511 e. The number of likely N-dealkylation sites (tertiary alicyclic amines) is 1. The summed E-state index contributed by atoms with van der Waals surface area (Å²) in [7, 11) is -1.69. The van der Waals surface area contributed by atoms with Crippen molar-refractivity contribution in [2.75, 3.05) is 20.4 Å². The summed E-state index contributed by atoms with van der Waals surface area (Å²) < 4.78 is 48.0. The zero-order valence-electron chi connectivity index (χ0n) is 23.4. The Morgan fingerprint density at radius 1 is 1.13 bits per heavy atom. The Morgan fingerprint density at radius 2 is 1.87 bits per heavy atom. The lowest BCUT2D eigenvalue weighted by Crippen LogP contribution is -2.67. The van der Waals surface area contributed by atoms with Crippen molar-refractivity contribution in [1.29, 1.82) is 0 Å². The van der Waals surface area contributed by atoms with Gasteiger partial charge >= 0.3 is 6.16 Å². The first-order valence-corrected chi connectivity index (χ1v) is 15.1. The summed E-state index contributed by atoms with van der Waals surface area (Å²) in [5.41, 5.74) is 3.25. The molecule has 2 fully saturated rings. The molecule has 2 bridgehead atoms. The Bertz CT molecular complexity index is 1330. The predicted octanol–water partition coefficient (Wildman–Crippen LogP) is 5.36. The lowest BCUT2D eigenvalue weighted by molar-refractivity contribution is -0.100. The van der Waals surface area contributed by atoms with E-state index in [2.05, 4.69) is 31.0 Å². The van der Waals surface area contributed by atoms with Gasteiger partial charge in [0.2, 0.25) is 6.79 Å². The highest BCUT2D eigenvalue weighted by Crippen LogP contribution is 2.63. The number of nitrogens with zero attached hydrogens (tertiary/aromatic N) is 1. The molecular weight excluding hydrogens is 518 g/mol. The standard InChI is InChI=1S/C30H39NO7S/c1-20(2)37-28(32)36-19-35-23-9-8-22-16-27-29(4)18-24(38-39(33,34)25-10-6-21(3)7-11-25)12-13-30(29,26(22)17-23)14-15-31(27)5/h6-11,17,20,24,27H,12-16,18-19H2,1-5H3/t24?,27-,29+,30+/m0/s1. The van der Waals surface area contributed by atoms with Crippen LogP contribution in [-0.2, 0) is 35.6 Å². The molecule has 0 radical (unpaired) electrons. The van der Waals surface area contributed by atoms with Crippen LogP contribution in [0.2, 0.25) is 0 Å². The van der Waals surface area contributed by atoms with Crippen LogP contribution in [0.1, 0.15) is 63.1 Å². The molecule has 9 heteroatoms. The van der Waals surface area contributed by atoms with E-state index in [4.69, 9.17) is 18.4 Å². The minimum Gasteiger partial charge on any atom is -0.457 e. The van der Waals surface area contributed by atoms with Gasteiger partial charge in [0.15, 0.2) is 0 Å². The van der Waals surface area contributed by atoms with Crippen molar-refractivity contribution in [2.45, 2.75) is 88.4 Å². The number of hydrogen-bond donors (Lipinski definition) is 0. The summed E-state index contributed by atoms with van der Waals surface area (Å²) >= 11 is 0. The van der Waals surface area contributed by atoms with Crippen molar-refractivity contribution in [3.63, 3.8) is 0 Å². The van der Waals surface area contributed by atoms with Crippen LogP contribution < -0.4 is 4.74 Å². The smallest absolute Gasteiger partial charge is 0.457 e. The first-order valence-electron chi connectivity index (χ1n) is 13.7. The number of likely N-dealkylation sites (N-methyl/N-ethyl adjacent to an activating group) is 1. The zero-order valence-corrected chi connectivity index (χ0v) is 24.3. The topological polar surface area (TPSA) is 91.4 Å². The number of carbonyl (C=O) groups is 1. The number of piperidine rings is 1. The third-order valence-electron chi connectivity index (χ3n) is 9.11. The summed E-state index contributed by atoms with van der Waals surface area (Å²) in [6.07, 6.45) is 2.58. The number of benzene rings is 2. The van der Waals surface area contributed by atoms with Crippen LogP contribution in [-0.4, -0.2) is 58.1 Å². The fourth-order valence-corrected chi connectivity index (χ4v) is 8.27. The number of ether oxygens (including phenoxy) is 3. The number of fused-ring (bicyclic) bond motifs is 1. The van der Waals surface area contributed by atoms with Crippen molar-refractivity contribution in [1.82, 2.24) is 4.90 Å². The van der Waals surface area contributed by atoms with E-state index in [1.165, 1.54) is 11.1 Å². The van der Waals surface area contributed by atoms with Gasteiger partial charge in [0, 0.05) is 11.5 Å². The lowest BCUT2D eigenvalue weighted by Gasteiger charge is -2.65. The molecule has 1 saturated carbocycles. The average molecular weight is 558 g/mol. The molecule has 2 aromatic carbocycles. The molecule has 1 unspecified atom stereocenters. The van der Waals surface area contributed by atoms with Crippen LogP contribution in [0.25, 0.3) is 0 Å². The maximum absolute atomic E-state index is 13.1. The highest BCUT2D eigenvalue weighted by molar-refractivity contribution is 7.86. The van der Waals surface area contributed by atoms with Gasteiger partial charge in [-0.25, -0.2) is 4.79 Å². The third-order valence-corrected chi connectivity index (χ3v) is 10.5. The Kier molecular flexibility index (Phi) is 7.45.